The molecule has 2 aromatic rings. The fourth-order valence-electron chi connectivity index (χ4n) is 4.72. The molecule has 2 fully saturated rings. The maximum absolute atomic E-state index is 13.6. The lowest BCUT2D eigenvalue weighted by Gasteiger charge is -2.26. The van der Waals surface area contributed by atoms with Gasteiger partial charge in [0.1, 0.15) is 12.4 Å². The number of nitrogens with zero attached hydrogens (tertiary/aromatic N) is 2. The van der Waals surface area contributed by atoms with Crippen LogP contribution in [0.2, 0.25) is 0 Å². The Hall–Kier alpha value is -3.18. The van der Waals surface area contributed by atoms with Crippen molar-refractivity contribution in [1.29, 1.82) is 0 Å². The number of hydrogen-bond acceptors (Lipinski definition) is 8. The van der Waals surface area contributed by atoms with Crippen molar-refractivity contribution in [2.75, 3.05) is 46.0 Å². The number of aliphatic carboxylic acids is 1. The van der Waals surface area contributed by atoms with Gasteiger partial charge in [0.2, 0.25) is 0 Å². The number of halogens is 6. The Kier molecular flexibility index (Phi) is 12.1. The molecule has 0 aromatic heterocycles. The third kappa shape index (κ3) is 9.91. The molecule has 1 amide bonds. The fraction of sp³-hybridized carbons (Fsp3) is 0.433. The molecule has 2 aliphatic rings. The molecule has 46 heavy (non-hydrogen) atoms. The normalized spacial score (nSPS) is 17.3. The van der Waals surface area contributed by atoms with Crippen molar-refractivity contribution >= 4 is 46.3 Å². The number of nitrogens with one attached hydrogen (secondary N) is 1. The van der Waals surface area contributed by atoms with Crippen LogP contribution in [-0.2, 0) is 26.7 Å². The number of thioether (sulfide) groups is 1. The van der Waals surface area contributed by atoms with Crippen LogP contribution in [0.1, 0.15) is 42.4 Å². The van der Waals surface area contributed by atoms with Crippen molar-refractivity contribution in [2.24, 2.45) is 0 Å². The van der Waals surface area contributed by atoms with E-state index < -0.39 is 35.4 Å². The number of carbonyl (C=O) groups is 2. The first-order valence-electron chi connectivity index (χ1n) is 14.3. The van der Waals surface area contributed by atoms with Crippen LogP contribution in [0.25, 0.3) is 17.2 Å². The largest absolute Gasteiger partial charge is 0.492 e. The maximum atomic E-state index is 13.6. The van der Waals surface area contributed by atoms with Crippen molar-refractivity contribution in [3.8, 4) is 16.9 Å². The highest BCUT2D eigenvalue weighted by atomic mass is 32.2. The fourth-order valence-corrected chi connectivity index (χ4v) is 5.93. The second kappa shape index (κ2) is 15.6. The summed E-state index contributed by atoms with van der Waals surface area (Å²) in [7, 11) is 0. The van der Waals surface area contributed by atoms with Gasteiger partial charge in [-0.05, 0) is 60.4 Å². The van der Waals surface area contributed by atoms with Gasteiger partial charge in [-0.25, -0.2) is 10.4 Å². The van der Waals surface area contributed by atoms with Crippen molar-refractivity contribution in [3.05, 3.63) is 58.0 Å². The molecular formula is C30H31F6N3O5S2. The predicted molar refractivity (Wildman–Crippen MR) is 164 cm³/mol. The molecule has 0 aliphatic carbocycles. The number of thiocarbonyl (C=S) groups is 1. The molecule has 0 spiro atoms. The van der Waals surface area contributed by atoms with E-state index in [1.54, 1.807) is 0 Å². The van der Waals surface area contributed by atoms with Crippen molar-refractivity contribution in [1.82, 2.24) is 15.3 Å². The minimum absolute atomic E-state index is 0.0394. The van der Waals surface area contributed by atoms with Gasteiger partial charge in [-0.1, -0.05) is 36.5 Å². The van der Waals surface area contributed by atoms with Crippen LogP contribution < -0.4 is 10.2 Å². The Labute approximate surface area is 270 Å². The van der Waals surface area contributed by atoms with E-state index in [2.05, 4.69) is 10.3 Å². The van der Waals surface area contributed by atoms with Gasteiger partial charge >= 0.3 is 18.3 Å². The van der Waals surface area contributed by atoms with Gasteiger partial charge in [0.25, 0.3) is 5.91 Å². The number of unbranched alkanes of at least 4 members (excludes halogenated alkanes) is 2. The van der Waals surface area contributed by atoms with Gasteiger partial charge in [0.15, 0.2) is 4.32 Å². The first kappa shape index (κ1) is 35.7. The summed E-state index contributed by atoms with van der Waals surface area (Å²) in [5, 5.41) is 9.93. The summed E-state index contributed by atoms with van der Waals surface area (Å²) < 4.78 is 92.9. The highest BCUT2D eigenvalue weighted by molar-refractivity contribution is 8.26. The number of carbonyl (C=O) groups excluding carboxylic acids is 1. The topological polar surface area (TPSA) is 91.3 Å². The second-order valence-electron chi connectivity index (χ2n) is 10.5. The molecule has 250 valence electrons. The Balaban J connectivity index is 1.61. The smallest absolute Gasteiger partial charge is 0.416 e. The third-order valence-electron chi connectivity index (χ3n) is 7.12. The molecule has 0 unspecified atom stereocenters. The van der Waals surface area contributed by atoms with E-state index in [4.69, 9.17) is 26.8 Å². The summed E-state index contributed by atoms with van der Waals surface area (Å²) in [6, 6.07) is 5.55. The van der Waals surface area contributed by atoms with Crippen LogP contribution in [0.4, 0.5) is 26.3 Å². The molecule has 0 atom stereocenters. The summed E-state index contributed by atoms with van der Waals surface area (Å²) in [6.45, 7) is 3.70. The first-order valence-corrected chi connectivity index (χ1v) is 15.5. The minimum Gasteiger partial charge on any atom is -0.492 e. The SMILES string of the molecule is O=C(O)CCCCCNN1C(=O)C(=Cc2cc(-c3cc(C(F)(F)F)cc(C(F)(F)F)c3)ccc2OCCN2CCOCC2)SC1=S. The number of hydrazine groups is 1. The van der Waals surface area contributed by atoms with E-state index in [0.29, 0.717) is 70.8 Å². The van der Waals surface area contributed by atoms with Crippen LogP contribution in [0.15, 0.2) is 41.3 Å². The third-order valence-corrected chi connectivity index (χ3v) is 8.42. The standard InChI is InChI=1S/C30H31F6N3O5S2/c31-29(32,33)22-15-20(16-23(18-22)30(34,35)36)19-5-6-24(44-13-10-38-8-11-43-12-9-38)21(14-19)17-25-27(42)39(28(45)46-25)37-7-3-1-2-4-26(40)41/h5-6,14-18,37H,1-4,7-13H2,(H,40,41). The van der Waals surface area contributed by atoms with Crippen LogP contribution in [0, 0.1) is 0 Å². The van der Waals surface area contributed by atoms with Gasteiger partial charge in [-0.2, -0.15) is 26.3 Å². The zero-order valence-corrected chi connectivity index (χ0v) is 26.0. The number of ether oxygens (including phenoxy) is 2. The lowest BCUT2D eigenvalue weighted by molar-refractivity contribution is -0.143. The molecule has 0 bridgehead atoms. The highest BCUT2D eigenvalue weighted by Crippen LogP contribution is 2.40. The minimum atomic E-state index is -5.02. The molecule has 4 rings (SSSR count). The van der Waals surface area contributed by atoms with Gasteiger partial charge in [0, 0.05) is 38.2 Å². The molecule has 0 radical (unpaired) electrons. The Bertz CT molecular complexity index is 1430. The van der Waals surface area contributed by atoms with Crippen LogP contribution in [-0.4, -0.2) is 77.2 Å². The maximum Gasteiger partial charge on any atom is 0.416 e. The zero-order valence-electron chi connectivity index (χ0n) is 24.4. The second-order valence-corrected chi connectivity index (χ2v) is 12.2. The molecule has 2 heterocycles. The van der Waals surface area contributed by atoms with Gasteiger partial charge in [0.05, 0.1) is 29.2 Å². The summed E-state index contributed by atoms with van der Waals surface area (Å²) in [4.78, 5) is 26.2. The number of amides is 1. The number of alkyl halides is 6. The molecule has 2 aliphatic heterocycles. The lowest BCUT2D eigenvalue weighted by Crippen LogP contribution is -2.41. The zero-order chi connectivity index (χ0) is 33.5. The number of morpholine rings is 1. The number of carboxylic acid groups (broad SMARTS) is 1. The summed E-state index contributed by atoms with van der Waals surface area (Å²) in [5.41, 5.74) is 0.0383. The molecule has 16 heteroatoms. The molecule has 8 nitrogen and oxygen atoms in total. The first-order chi connectivity index (χ1) is 21.7. The molecule has 2 N–H and O–H groups in total. The van der Waals surface area contributed by atoms with Crippen LogP contribution in [0.3, 0.4) is 0 Å². The Morgan fingerprint density at radius 3 is 2.30 bits per heavy atom. The van der Waals surface area contributed by atoms with Crippen LogP contribution >= 0.6 is 24.0 Å². The van der Waals surface area contributed by atoms with Gasteiger partial charge in [-0.3, -0.25) is 14.5 Å². The number of rotatable bonds is 13. The Morgan fingerprint density at radius 1 is 1.00 bits per heavy atom. The Morgan fingerprint density at radius 2 is 1.67 bits per heavy atom. The molecule has 2 aromatic carbocycles. The van der Waals surface area contributed by atoms with Gasteiger partial charge in [-0.15, -0.1) is 0 Å². The van der Waals surface area contributed by atoms with Crippen molar-refractivity contribution in [2.45, 2.75) is 38.0 Å². The van der Waals surface area contributed by atoms with Gasteiger partial charge < -0.3 is 14.6 Å². The van der Waals surface area contributed by atoms with Crippen LogP contribution in [0.5, 0.6) is 5.75 Å². The monoisotopic (exact) mass is 691 g/mol. The lowest BCUT2D eigenvalue weighted by atomic mass is 9.97. The number of hydrogen-bond donors (Lipinski definition) is 2. The molecule has 2 saturated heterocycles. The average molecular weight is 692 g/mol. The van der Waals surface area contributed by atoms with Crippen molar-refractivity contribution in [3.63, 3.8) is 0 Å². The summed E-state index contributed by atoms with van der Waals surface area (Å²) in [6.07, 6.45) is -6.86. The van der Waals surface area contributed by atoms with E-state index in [-0.39, 0.29) is 50.8 Å². The van der Waals surface area contributed by atoms with Crippen molar-refractivity contribution < 1.29 is 50.5 Å². The van der Waals surface area contributed by atoms with E-state index in [0.717, 1.165) is 11.8 Å². The number of carboxylic acids is 1. The molecule has 0 saturated carbocycles. The van der Waals surface area contributed by atoms with E-state index in [9.17, 15) is 35.9 Å². The summed E-state index contributed by atoms with van der Waals surface area (Å²) >= 11 is 6.32. The molecular weight excluding hydrogens is 660 g/mol. The van der Waals surface area contributed by atoms with E-state index in [1.807, 2.05) is 0 Å². The average Bonchev–Trinajstić information content (AvgIpc) is 3.26. The van der Waals surface area contributed by atoms with E-state index in [1.165, 1.54) is 29.3 Å². The summed E-state index contributed by atoms with van der Waals surface area (Å²) in [5.74, 6) is -1.11. The number of benzene rings is 2. The quantitative estimate of drug-likeness (QED) is 0.106. The predicted octanol–water partition coefficient (Wildman–Crippen LogP) is 6.45. The highest BCUT2D eigenvalue weighted by Gasteiger charge is 2.37. The van der Waals surface area contributed by atoms with E-state index >= 15 is 0 Å².